The molecule has 0 unspecified atom stereocenters. The average molecular weight is 405 g/mol. The molecule has 0 radical (unpaired) electrons. The van der Waals surface area contributed by atoms with E-state index in [1.807, 2.05) is 48.7 Å². The number of aromatic nitrogens is 5. The highest BCUT2D eigenvalue weighted by Gasteiger charge is 2.30. The normalized spacial score (nSPS) is 13.6. The first-order valence-corrected chi connectivity index (χ1v) is 10.4. The summed E-state index contributed by atoms with van der Waals surface area (Å²) in [7, 11) is 1.65. The van der Waals surface area contributed by atoms with Gasteiger partial charge in [0.2, 0.25) is 0 Å². The van der Waals surface area contributed by atoms with Crippen LogP contribution < -0.4 is 4.74 Å². The van der Waals surface area contributed by atoms with E-state index in [1.165, 1.54) is 0 Å². The Bertz CT molecular complexity index is 1120. The van der Waals surface area contributed by atoms with Crippen molar-refractivity contribution in [2.75, 3.05) is 7.11 Å². The quantitative estimate of drug-likeness (QED) is 0.415. The molecule has 4 aromatic rings. The number of pyridine rings is 1. The van der Waals surface area contributed by atoms with E-state index in [1.54, 1.807) is 25.1 Å². The summed E-state index contributed by atoms with van der Waals surface area (Å²) in [6.07, 6.45) is 5.89. The minimum absolute atomic E-state index is 0.460. The summed E-state index contributed by atoms with van der Waals surface area (Å²) in [6, 6.07) is 14.1. The second-order valence-corrected chi connectivity index (χ2v) is 7.76. The Balaban J connectivity index is 1.36. The summed E-state index contributed by atoms with van der Waals surface area (Å²) >= 11 is 1.61. The van der Waals surface area contributed by atoms with Gasteiger partial charge in [-0.05, 0) is 37.1 Å². The molecule has 0 amide bonds. The molecule has 3 heterocycles. The van der Waals surface area contributed by atoms with E-state index in [9.17, 15) is 0 Å². The van der Waals surface area contributed by atoms with Gasteiger partial charge in [0, 0.05) is 35.6 Å². The molecule has 0 N–H and O–H groups in total. The van der Waals surface area contributed by atoms with Crippen molar-refractivity contribution in [2.45, 2.75) is 29.8 Å². The van der Waals surface area contributed by atoms with Crippen LogP contribution in [0.15, 0.2) is 64.5 Å². The van der Waals surface area contributed by atoms with Crippen LogP contribution in [0.3, 0.4) is 0 Å². The van der Waals surface area contributed by atoms with E-state index in [0.717, 1.165) is 52.2 Å². The Morgan fingerprint density at radius 3 is 2.86 bits per heavy atom. The van der Waals surface area contributed by atoms with Crippen LogP contribution in [0.4, 0.5) is 0 Å². The number of ether oxygens (including phenoxy) is 1. The molecule has 146 valence electrons. The van der Waals surface area contributed by atoms with Crippen molar-refractivity contribution >= 4 is 11.8 Å². The van der Waals surface area contributed by atoms with Gasteiger partial charge in [0.25, 0.3) is 0 Å². The van der Waals surface area contributed by atoms with Crippen molar-refractivity contribution in [3.63, 3.8) is 0 Å². The first-order chi connectivity index (χ1) is 14.3. The Morgan fingerprint density at radius 1 is 1.17 bits per heavy atom. The number of hydrogen-bond donors (Lipinski definition) is 0. The molecule has 0 aliphatic heterocycles. The van der Waals surface area contributed by atoms with Crippen LogP contribution in [0.1, 0.15) is 24.6 Å². The van der Waals surface area contributed by atoms with E-state index in [4.69, 9.17) is 9.26 Å². The van der Waals surface area contributed by atoms with E-state index >= 15 is 0 Å². The van der Waals surface area contributed by atoms with Gasteiger partial charge in [0.15, 0.2) is 11.0 Å². The molecular weight excluding hydrogens is 386 g/mol. The number of nitrogens with zero attached hydrogens (tertiary/aromatic N) is 5. The number of benzene rings is 1. The second kappa shape index (κ2) is 7.71. The Kier molecular flexibility index (Phi) is 4.77. The zero-order chi connectivity index (χ0) is 19.6. The van der Waals surface area contributed by atoms with Crippen molar-refractivity contribution in [2.24, 2.45) is 0 Å². The summed E-state index contributed by atoms with van der Waals surface area (Å²) in [6.45, 7) is 0. The summed E-state index contributed by atoms with van der Waals surface area (Å²) in [5, 5.41) is 14.0. The number of hydrogen-bond acceptors (Lipinski definition) is 7. The van der Waals surface area contributed by atoms with Crippen molar-refractivity contribution < 1.29 is 9.26 Å². The fourth-order valence-corrected chi connectivity index (χ4v) is 4.11. The monoisotopic (exact) mass is 405 g/mol. The highest BCUT2D eigenvalue weighted by Crippen LogP contribution is 2.41. The van der Waals surface area contributed by atoms with Crippen LogP contribution in [0, 0.1) is 0 Å². The third-order valence-electron chi connectivity index (χ3n) is 4.78. The smallest absolute Gasteiger partial charge is 0.192 e. The molecule has 0 saturated heterocycles. The third kappa shape index (κ3) is 3.63. The van der Waals surface area contributed by atoms with Gasteiger partial charge in [0.1, 0.15) is 17.2 Å². The minimum atomic E-state index is 0.460. The fraction of sp³-hybridized carbons (Fsp3) is 0.238. The lowest BCUT2D eigenvalue weighted by molar-refractivity contribution is 0.395. The van der Waals surface area contributed by atoms with Gasteiger partial charge in [-0.25, -0.2) is 0 Å². The first-order valence-electron chi connectivity index (χ1n) is 9.40. The largest absolute Gasteiger partial charge is 0.496 e. The molecule has 1 aliphatic rings. The maximum absolute atomic E-state index is 5.55. The van der Waals surface area contributed by atoms with Crippen LogP contribution in [-0.4, -0.2) is 32.0 Å². The summed E-state index contributed by atoms with van der Waals surface area (Å²) in [5.74, 6) is 3.05. The molecule has 0 atom stereocenters. The topological polar surface area (TPSA) is 78.9 Å². The fourth-order valence-electron chi connectivity index (χ4n) is 3.23. The SMILES string of the molecule is COc1ccccc1-c1cc(CSc2nnc(-c3cccnc3)n2C2CC2)on1. The molecule has 1 saturated carbocycles. The molecular formula is C21H19N5O2S. The molecule has 1 aromatic carbocycles. The number of thioether (sulfide) groups is 1. The summed E-state index contributed by atoms with van der Waals surface area (Å²) in [4.78, 5) is 4.21. The zero-order valence-corrected chi connectivity index (χ0v) is 16.7. The van der Waals surface area contributed by atoms with Gasteiger partial charge in [-0.15, -0.1) is 10.2 Å². The van der Waals surface area contributed by atoms with Gasteiger partial charge < -0.3 is 9.26 Å². The molecule has 8 heteroatoms. The van der Waals surface area contributed by atoms with Crippen LogP contribution in [0.2, 0.25) is 0 Å². The Morgan fingerprint density at radius 2 is 2.07 bits per heavy atom. The Labute approximate surface area is 172 Å². The van der Waals surface area contributed by atoms with Crippen molar-refractivity contribution in [3.05, 3.63) is 60.6 Å². The van der Waals surface area contributed by atoms with Crippen molar-refractivity contribution in [1.29, 1.82) is 0 Å². The summed E-state index contributed by atoms with van der Waals surface area (Å²) < 4.78 is 13.2. The van der Waals surface area contributed by atoms with Crippen LogP contribution >= 0.6 is 11.8 Å². The maximum atomic E-state index is 5.55. The highest BCUT2D eigenvalue weighted by molar-refractivity contribution is 7.98. The highest BCUT2D eigenvalue weighted by atomic mass is 32.2. The minimum Gasteiger partial charge on any atom is -0.496 e. The van der Waals surface area contributed by atoms with Gasteiger partial charge in [-0.3, -0.25) is 9.55 Å². The number of rotatable bonds is 7. The molecule has 0 spiro atoms. The van der Waals surface area contributed by atoms with Gasteiger partial charge in [0.05, 0.1) is 12.9 Å². The van der Waals surface area contributed by atoms with Gasteiger partial charge in [-0.1, -0.05) is 29.1 Å². The molecule has 5 rings (SSSR count). The molecule has 1 aliphatic carbocycles. The van der Waals surface area contributed by atoms with E-state index in [-0.39, 0.29) is 0 Å². The predicted molar refractivity (Wildman–Crippen MR) is 110 cm³/mol. The van der Waals surface area contributed by atoms with E-state index in [2.05, 4.69) is 24.9 Å². The number of methoxy groups -OCH3 is 1. The number of para-hydroxylation sites is 1. The average Bonchev–Trinajstić information content (AvgIpc) is 3.35. The molecule has 1 fully saturated rings. The summed E-state index contributed by atoms with van der Waals surface area (Å²) in [5.41, 5.74) is 2.66. The van der Waals surface area contributed by atoms with E-state index in [0.29, 0.717) is 11.8 Å². The zero-order valence-electron chi connectivity index (χ0n) is 15.9. The van der Waals surface area contributed by atoms with Crippen LogP contribution in [0.5, 0.6) is 5.75 Å². The lowest BCUT2D eigenvalue weighted by Gasteiger charge is -2.07. The van der Waals surface area contributed by atoms with Crippen molar-refractivity contribution in [3.8, 4) is 28.4 Å². The molecule has 29 heavy (non-hydrogen) atoms. The molecule has 0 bridgehead atoms. The van der Waals surface area contributed by atoms with Crippen LogP contribution in [-0.2, 0) is 5.75 Å². The molecule has 3 aromatic heterocycles. The van der Waals surface area contributed by atoms with Gasteiger partial charge in [-0.2, -0.15) is 0 Å². The first kappa shape index (κ1) is 17.9. The van der Waals surface area contributed by atoms with E-state index < -0.39 is 0 Å². The maximum Gasteiger partial charge on any atom is 0.192 e. The standard InChI is InChI=1S/C21H19N5O2S/c1-27-19-7-3-2-6-17(19)18-11-16(28-25-18)13-29-21-24-23-20(26(21)15-8-9-15)14-5-4-10-22-12-14/h2-7,10-12,15H,8-9,13H2,1H3. The predicted octanol–water partition coefficient (Wildman–Crippen LogP) is 4.63. The lowest BCUT2D eigenvalue weighted by atomic mass is 10.1. The van der Waals surface area contributed by atoms with Crippen molar-refractivity contribution in [1.82, 2.24) is 24.9 Å². The molecule has 7 nitrogen and oxygen atoms in total. The third-order valence-corrected chi connectivity index (χ3v) is 5.75. The lowest BCUT2D eigenvalue weighted by Crippen LogP contribution is -1.99. The second-order valence-electron chi connectivity index (χ2n) is 6.82. The Hall–Kier alpha value is -3.13. The van der Waals surface area contributed by atoms with Gasteiger partial charge >= 0.3 is 0 Å². The van der Waals surface area contributed by atoms with Crippen LogP contribution in [0.25, 0.3) is 22.6 Å².